The van der Waals surface area contributed by atoms with Crippen LogP contribution in [0.25, 0.3) is 0 Å². The summed E-state index contributed by atoms with van der Waals surface area (Å²) in [6, 6.07) is 2.53. The summed E-state index contributed by atoms with van der Waals surface area (Å²) in [4.78, 5) is 7.61. The summed E-state index contributed by atoms with van der Waals surface area (Å²) in [5, 5.41) is 4.67. The maximum absolute atomic E-state index is 4.84. The first-order valence-electron chi connectivity index (χ1n) is 6.49. The molecule has 1 aromatic heterocycles. The Kier molecular flexibility index (Phi) is 4.07. The van der Waals surface area contributed by atoms with Gasteiger partial charge >= 0.3 is 0 Å². The highest BCUT2D eigenvalue weighted by Crippen LogP contribution is 2.31. The number of thioether (sulfide) groups is 1. The van der Waals surface area contributed by atoms with Gasteiger partial charge in [0.2, 0.25) is 0 Å². The zero-order valence-corrected chi connectivity index (χ0v) is 13.5. The van der Waals surface area contributed by atoms with Crippen LogP contribution in [-0.2, 0) is 0 Å². The molecule has 1 saturated heterocycles. The van der Waals surface area contributed by atoms with Crippen molar-refractivity contribution in [2.45, 2.75) is 52.6 Å². The van der Waals surface area contributed by atoms with E-state index in [0.29, 0.717) is 0 Å². The number of aliphatic imine (C=N–C) groups is 1. The zero-order chi connectivity index (χ0) is 13.3. The van der Waals surface area contributed by atoms with Gasteiger partial charge in [0, 0.05) is 21.0 Å². The summed E-state index contributed by atoms with van der Waals surface area (Å²) in [6.45, 7) is 11.0. The van der Waals surface area contributed by atoms with Gasteiger partial charge < -0.3 is 5.32 Å². The molecule has 4 heteroatoms. The predicted octanol–water partition coefficient (Wildman–Crippen LogP) is 4.29. The second-order valence-corrected chi connectivity index (χ2v) is 7.73. The van der Waals surface area contributed by atoms with Crippen LogP contribution in [0.3, 0.4) is 0 Å². The lowest BCUT2D eigenvalue weighted by Gasteiger charge is -2.21. The standard InChI is InChI=1S/C14H22N2S2/c1-6-14(5)8-17-13(16-14)15-10(3)12-7-9(2)18-11(12)4/h7,10H,6,8H2,1-5H3,(H,15,16). The third-order valence-electron chi connectivity index (χ3n) is 3.56. The molecule has 2 nitrogen and oxygen atoms in total. The third-order valence-corrected chi connectivity index (χ3v) is 5.80. The Balaban J connectivity index is 2.12. The van der Waals surface area contributed by atoms with E-state index in [9.17, 15) is 0 Å². The third kappa shape index (κ3) is 2.91. The van der Waals surface area contributed by atoms with E-state index in [0.717, 1.165) is 17.3 Å². The minimum Gasteiger partial charge on any atom is -0.359 e. The van der Waals surface area contributed by atoms with Crippen molar-refractivity contribution in [3.05, 3.63) is 21.4 Å². The lowest BCUT2D eigenvalue weighted by molar-refractivity contribution is 0.465. The van der Waals surface area contributed by atoms with Crippen molar-refractivity contribution in [1.29, 1.82) is 0 Å². The van der Waals surface area contributed by atoms with E-state index in [1.165, 1.54) is 15.3 Å². The molecule has 2 atom stereocenters. The van der Waals surface area contributed by atoms with Gasteiger partial charge in [0.15, 0.2) is 5.17 Å². The fourth-order valence-electron chi connectivity index (χ4n) is 2.13. The molecule has 1 aliphatic rings. The second kappa shape index (κ2) is 5.25. The molecule has 0 amide bonds. The highest BCUT2D eigenvalue weighted by atomic mass is 32.2. The van der Waals surface area contributed by atoms with Gasteiger partial charge in [0.25, 0.3) is 0 Å². The summed E-state index contributed by atoms with van der Waals surface area (Å²) in [7, 11) is 0. The predicted molar refractivity (Wildman–Crippen MR) is 83.9 cm³/mol. The SMILES string of the molecule is CCC1(C)CSC(=NC(C)c2cc(C)sc2C)N1. The molecule has 1 aliphatic heterocycles. The van der Waals surface area contributed by atoms with Crippen molar-refractivity contribution in [2.75, 3.05) is 5.75 Å². The molecular formula is C14H22N2S2. The van der Waals surface area contributed by atoms with E-state index in [1.54, 1.807) is 0 Å². The number of hydrogen-bond donors (Lipinski definition) is 1. The molecule has 0 saturated carbocycles. The molecule has 0 aliphatic carbocycles. The van der Waals surface area contributed by atoms with Gasteiger partial charge in [0.1, 0.15) is 0 Å². The Morgan fingerprint density at radius 1 is 1.50 bits per heavy atom. The Labute approximate surface area is 118 Å². The van der Waals surface area contributed by atoms with Crippen LogP contribution >= 0.6 is 23.1 Å². The van der Waals surface area contributed by atoms with E-state index in [1.807, 2.05) is 23.1 Å². The van der Waals surface area contributed by atoms with Gasteiger partial charge in [-0.2, -0.15) is 0 Å². The van der Waals surface area contributed by atoms with Crippen molar-refractivity contribution in [3.63, 3.8) is 0 Å². The molecule has 100 valence electrons. The number of nitrogens with one attached hydrogen (secondary N) is 1. The Hall–Kier alpha value is -0.480. The van der Waals surface area contributed by atoms with Crippen LogP contribution in [0.4, 0.5) is 0 Å². The molecule has 2 heterocycles. The van der Waals surface area contributed by atoms with Gasteiger partial charge in [-0.3, -0.25) is 4.99 Å². The molecule has 0 spiro atoms. The van der Waals surface area contributed by atoms with E-state index < -0.39 is 0 Å². The van der Waals surface area contributed by atoms with Gasteiger partial charge in [0.05, 0.1) is 6.04 Å². The molecule has 0 radical (unpaired) electrons. The van der Waals surface area contributed by atoms with Gasteiger partial charge in [-0.25, -0.2) is 0 Å². The van der Waals surface area contributed by atoms with Crippen LogP contribution in [0.1, 0.15) is 48.6 Å². The fourth-order valence-corrected chi connectivity index (χ4v) is 4.43. The van der Waals surface area contributed by atoms with Crippen LogP contribution in [0, 0.1) is 13.8 Å². The Bertz CT molecular complexity index is 464. The lowest BCUT2D eigenvalue weighted by atomic mass is 10.0. The average molecular weight is 282 g/mol. The number of aryl methyl sites for hydroxylation is 2. The van der Waals surface area contributed by atoms with Gasteiger partial charge in [-0.1, -0.05) is 18.7 Å². The molecule has 18 heavy (non-hydrogen) atoms. The fraction of sp³-hybridized carbons (Fsp3) is 0.643. The lowest BCUT2D eigenvalue weighted by Crippen LogP contribution is -2.39. The van der Waals surface area contributed by atoms with Crippen molar-refractivity contribution in [1.82, 2.24) is 5.32 Å². The normalized spacial score (nSPS) is 27.5. The topological polar surface area (TPSA) is 24.4 Å². The molecule has 0 bridgehead atoms. The summed E-state index contributed by atoms with van der Waals surface area (Å²) >= 11 is 3.72. The number of nitrogens with zero attached hydrogens (tertiary/aromatic N) is 1. The first-order valence-corrected chi connectivity index (χ1v) is 8.29. The number of rotatable bonds is 3. The smallest absolute Gasteiger partial charge is 0.157 e. The number of thiophene rings is 1. The van der Waals surface area contributed by atoms with Crippen LogP contribution in [0.15, 0.2) is 11.1 Å². The maximum atomic E-state index is 4.84. The molecular weight excluding hydrogens is 260 g/mol. The quantitative estimate of drug-likeness (QED) is 0.894. The molecule has 1 aromatic rings. The van der Waals surface area contributed by atoms with Crippen LogP contribution in [0.2, 0.25) is 0 Å². The van der Waals surface area contributed by atoms with Crippen molar-refractivity contribution in [3.8, 4) is 0 Å². The summed E-state index contributed by atoms with van der Waals surface area (Å²) in [6.07, 6.45) is 1.14. The summed E-state index contributed by atoms with van der Waals surface area (Å²) in [5.41, 5.74) is 1.60. The Morgan fingerprint density at radius 2 is 2.22 bits per heavy atom. The minimum atomic E-state index is 0.225. The van der Waals surface area contributed by atoms with Crippen LogP contribution < -0.4 is 5.32 Å². The molecule has 1 N–H and O–H groups in total. The van der Waals surface area contributed by atoms with E-state index in [2.05, 4.69) is 46.0 Å². The highest BCUT2D eigenvalue weighted by Gasteiger charge is 2.30. The molecule has 1 fully saturated rings. The number of amidine groups is 1. The molecule has 2 rings (SSSR count). The number of hydrogen-bond acceptors (Lipinski definition) is 3. The van der Waals surface area contributed by atoms with Gasteiger partial charge in [-0.15, -0.1) is 11.3 Å². The Morgan fingerprint density at radius 3 is 2.72 bits per heavy atom. The summed E-state index contributed by atoms with van der Waals surface area (Å²) in [5.74, 6) is 1.12. The van der Waals surface area contributed by atoms with Crippen molar-refractivity contribution < 1.29 is 0 Å². The van der Waals surface area contributed by atoms with Crippen molar-refractivity contribution >= 4 is 28.3 Å². The monoisotopic (exact) mass is 282 g/mol. The van der Waals surface area contributed by atoms with Crippen LogP contribution in [-0.4, -0.2) is 16.5 Å². The van der Waals surface area contributed by atoms with Crippen LogP contribution in [0.5, 0.6) is 0 Å². The maximum Gasteiger partial charge on any atom is 0.157 e. The van der Waals surface area contributed by atoms with Crippen molar-refractivity contribution in [2.24, 2.45) is 4.99 Å². The molecule has 2 unspecified atom stereocenters. The second-order valence-electron chi connectivity index (χ2n) is 5.31. The van der Waals surface area contributed by atoms with E-state index in [-0.39, 0.29) is 11.6 Å². The molecule has 0 aromatic carbocycles. The first-order chi connectivity index (χ1) is 8.43. The largest absolute Gasteiger partial charge is 0.359 e. The summed E-state index contributed by atoms with van der Waals surface area (Å²) < 4.78 is 0. The minimum absolute atomic E-state index is 0.225. The zero-order valence-electron chi connectivity index (χ0n) is 11.8. The average Bonchev–Trinajstić information content (AvgIpc) is 2.83. The van der Waals surface area contributed by atoms with E-state index in [4.69, 9.17) is 4.99 Å². The van der Waals surface area contributed by atoms with E-state index >= 15 is 0 Å². The first kappa shape index (κ1) is 13.9. The van der Waals surface area contributed by atoms with Gasteiger partial charge in [-0.05, 0) is 45.7 Å². The highest BCUT2D eigenvalue weighted by molar-refractivity contribution is 8.14.